The summed E-state index contributed by atoms with van der Waals surface area (Å²) in [5.41, 5.74) is 6.55. The normalized spacial score (nSPS) is 19.3. The lowest BCUT2D eigenvalue weighted by atomic mass is 10.1. The van der Waals surface area contributed by atoms with Crippen molar-refractivity contribution in [1.29, 1.82) is 0 Å². The van der Waals surface area contributed by atoms with Crippen LogP contribution in [0.15, 0.2) is 18.2 Å². The van der Waals surface area contributed by atoms with Gasteiger partial charge >= 0.3 is 0 Å². The van der Waals surface area contributed by atoms with Gasteiger partial charge in [-0.1, -0.05) is 0 Å². The molecule has 1 heterocycles. The van der Waals surface area contributed by atoms with Crippen molar-refractivity contribution in [2.75, 3.05) is 33.1 Å². The van der Waals surface area contributed by atoms with Crippen molar-refractivity contribution in [1.82, 2.24) is 4.90 Å². The van der Waals surface area contributed by atoms with Gasteiger partial charge in [-0.05, 0) is 31.0 Å². The zero-order valence-electron chi connectivity index (χ0n) is 14.1. The number of anilines is 1. The second-order valence-corrected chi connectivity index (χ2v) is 5.66. The van der Waals surface area contributed by atoms with Crippen LogP contribution in [0.2, 0.25) is 0 Å². The van der Waals surface area contributed by atoms with E-state index in [1.54, 1.807) is 32.3 Å². The molecule has 0 unspecified atom stereocenters. The number of methoxy groups -OCH3 is 1. The molecule has 1 aliphatic rings. The van der Waals surface area contributed by atoms with E-state index in [-0.39, 0.29) is 30.3 Å². The maximum absolute atomic E-state index is 12.3. The number of rotatable bonds is 5. The fraction of sp³-hybridized carbons (Fsp3) is 0.500. The Bertz CT molecular complexity index is 595. The number of carbonyl (C=O) groups excluding carboxylic acids is 2. The summed E-state index contributed by atoms with van der Waals surface area (Å²) in [5.74, 6) is 0.0662. The van der Waals surface area contributed by atoms with Gasteiger partial charge in [0, 0.05) is 26.2 Å². The highest BCUT2D eigenvalue weighted by atomic mass is 35.5. The van der Waals surface area contributed by atoms with Crippen molar-refractivity contribution < 1.29 is 19.1 Å². The van der Waals surface area contributed by atoms with Crippen molar-refractivity contribution in [3.8, 4) is 5.75 Å². The zero-order valence-corrected chi connectivity index (χ0v) is 14.9. The Hall–Kier alpha value is -1.83. The number of benzene rings is 1. The Labute approximate surface area is 147 Å². The molecule has 2 amide bonds. The number of carbonyl (C=O) groups is 2. The lowest BCUT2D eigenvalue weighted by molar-refractivity contribution is -0.126. The second kappa shape index (κ2) is 8.86. The van der Waals surface area contributed by atoms with E-state index in [4.69, 9.17) is 15.2 Å². The molecule has 2 atom stereocenters. The van der Waals surface area contributed by atoms with Gasteiger partial charge in [-0.15, -0.1) is 12.4 Å². The molecule has 0 saturated carbocycles. The van der Waals surface area contributed by atoms with Crippen LogP contribution in [0.5, 0.6) is 5.75 Å². The molecule has 1 saturated heterocycles. The quantitative estimate of drug-likeness (QED) is 0.827. The predicted octanol–water partition coefficient (Wildman–Crippen LogP) is 1.26. The standard InChI is InChI=1S/C16H23N3O4.ClH/c1-19(2)16(21)10-4-6-12(14(8-10)22-3)18-15(20)13-7-5-11(9-17)23-13;/h4,6,8,11,13H,5,7,9,17H2,1-3H3,(H,18,20);1H/t11-,13+;/m1./s1. The molecule has 3 N–H and O–H groups in total. The highest BCUT2D eigenvalue weighted by Gasteiger charge is 2.30. The van der Waals surface area contributed by atoms with Crippen LogP contribution in [0.3, 0.4) is 0 Å². The molecule has 0 spiro atoms. The number of halogens is 1. The zero-order chi connectivity index (χ0) is 17.0. The average molecular weight is 358 g/mol. The molecule has 0 radical (unpaired) electrons. The summed E-state index contributed by atoms with van der Waals surface area (Å²) >= 11 is 0. The van der Waals surface area contributed by atoms with Crippen LogP contribution in [0, 0.1) is 0 Å². The molecule has 0 aromatic heterocycles. The van der Waals surface area contributed by atoms with Gasteiger partial charge in [-0.25, -0.2) is 0 Å². The summed E-state index contributed by atoms with van der Waals surface area (Å²) in [5, 5.41) is 2.79. The summed E-state index contributed by atoms with van der Waals surface area (Å²) in [6.45, 7) is 0.411. The first-order chi connectivity index (χ1) is 11.0. The van der Waals surface area contributed by atoms with Crippen LogP contribution in [0.25, 0.3) is 0 Å². The molecule has 1 aliphatic heterocycles. The van der Waals surface area contributed by atoms with Crippen molar-refractivity contribution >= 4 is 29.9 Å². The van der Waals surface area contributed by atoms with Gasteiger partial charge in [-0.3, -0.25) is 9.59 Å². The van der Waals surface area contributed by atoms with Gasteiger partial charge in [-0.2, -0.15) is 0 Å². The Balaban J connectivity index is 0.00000288. The molecule has 134 valence electrons. The number of amides is 2. The smallest absolute Gasteiger partial charge is 0.253 e. The van der Waals surface area contributed by atoms with E-state index in [9.17, 15) is 9.59 Å². The first kappa shape index (κ1) is 20.2. The van der Waals surface area contributed by atoms with E-state index in [1.165, 1.54) is 12.0 Å². The van der Waals surface area contributed by atoms with E-state index >= 15 is 0 Å². The fourth-order valence-corrected chi connectivity index (χ4v) is 2.47. The highest BCUT2D eigenvalue weighted by molar-refractivity contribution is 5.98. The molecule has 8 heteroatoms. The second-order valence-electron chi connectivity index (χ2n) is 5.66. The number of ether oxygens (including phenoxy) is 2. The predicted molar refractivity (Wildman–Crippen MR) is 93.8 cm³/mol. The minimum atomic E-state index is -0.503. The Morgan fingerprint density at radius 2 is 2.08 bits per heavy atom. The number of nitrogens with one attached hydrogen (secondary N) is 1. The molecular formula is C16H24ClN3O4. The summed E-state index contributed by atoms with van der Waals surface area (Å²) in [6.07, 6.45) is 0.860. The van der Waals surface area contributed by atoms with Crippen molar-refractivity contribution in [2.45, 2.75) is 25.0 Å². The molecular weight excluding hydrogens is 334 g/mol. The van der Waals surface area contributed by atoms with Gasteiger partial charge in [0.25, 0.3) is 11.8 Å². The minimum Gasteiger partial charge on any atom is -0.495 e. The molecule has 7 nitrogen and oxygen atoms in total. The number of nitrogens with two attached hydrogens (primary N) is 1. The van der Waals surface area contributed by atoms with E-state index in [2.05, 4.69) is 5.32 Å². The number of hydrogen-bond donors (Lipinski definition) is 2. The molecule has 24 heavy (non-hydrogen) atoms. The van der Waals surface area contributed by atoms with Gasteiger partial charge in [0.15, 0.2) is 0 Å². The number of nitrogens with zero attached hydrogens (tertiary/aromatic N) is 1. The molecule has 1 aromatic carbocycles. The monoisotopic (exact) mass is 357 g/mol. The van der Waals surface area contributed by atoms with Crippen LogP contribution in [-0.2, 0) is 9.53 Å². The summed E-state index contributed by atoms with van der Waals surface area (Å²) in [4.78, 5) is 25.7. The molecule has 1 fully saturated rings. The van der Waals surface area contributed by atoms with E-state index in [0.29, 0.717) is 30.0 Å². The Morgan fingerprint density at radius 3 is 2.62 bits per heavy atom. The highest BCUT2D eigenvalue weighted by Crippen LogP contribution is 2.27. The summed E-state index contributed by atoms with van der Waals surface area (Å²) in [6, 6.07) is 4.91. The van der Waals surface area contributed by atoms with Crippen LogP contribution < -0.4 is 15.8 Å². The third-order valence-corrected chi connectivity index (χ3v) is 3.78. The maximum atomic E-state index is 12.3. The molecule has 1 aromatic rings. The van der Waals surface area contributed by atoms with Gasteiger partial charge in [0.05, 0.1) is 18.9 Å². The third-order valence-electron chi connectivity index (χ3n) is 3.78. The average Bonchev–Trinajstić information content (AvgIpc) is 3.03. The minimum absolute atomic E-state index is 0. The topological polar surface area (TPSA) is 93.9 Å². The van der Waals surface area contributed by atoms with Gasteiger partial charge in [0.1, 0.15) is 11.9 Å². The molecule has 0 bridgehead atoms. The van der Waals surface area contributed by atoms with Crippen molar-refractivity contribution in [2.24, 2.45) is 5.73 Å². The van der Waals surface area contributed by atoms with Crippen LogP contribution in [-0.4, -0.2) is 56.7 Å². The van der Waals surface area contributed by atoms with Crippen LogP contribution >= 0.6 is 12.4 Å². The summed E-state index contributed by atoms with van der Waals surface area (Å²) < 4.78 is 10.8. The first-order valence-corrected chi connectivity index (χ1v) is 7.52. The Kier molecular flexibility index (Phi) is 7.47. The lowest BCUT2D eigenvalue weighted by Crippen LogP contribution is -2.30. The van der Waals surface area contributed by atoms with Crippen LogP contribution in [0.1, 0.15) is 23.2 Å². The lowest BCUT2D eigenvalue weighted by Gasteiger charge is -2.16. The van der Waals surface area contributed by atoms with E-state index in [0.717, 1.165) is 6.42 Å². The van der Waals surface area contributed by atoms with Crippen LogP contribution in [0.4, 0.5) is 5.69 Å². The first-order valence-electron chi connectivity index (χ1n) is 7.52. The van der Waals surface area contributed by atoms with E-state index < -0.39 is 6.10 Å². The van der Waals surface area contributed by atoms with Crippen molar-refractivity contribution in [3.63, 3.8) is 0 Å². The molecule has 2 rings (SSSR count). The largest absolute Gasteiger partial charge is 0.495 e. The molecule has 0 aliphatic carbocycles. The van der Waals surface area contributed by atoms with E-state index in [1.807, 2.05) is 0 Å². The SMILES string of the molecule is COc1cc(C(=O)N(C)C)ccc1NC(=O)[C@@H]1CC[C@H](CN)O1.Cl. The van der Waals surface area contributed by atoms with Crippen molar-refractivity contribution in [3.05, 3.63) is 23.8 Å². The third kappa shape index (κ3) is 4.59. The Morgan fingerprint density at radius 1 is 1.38 bits per heavy atom. The van der Waals surface area contributed by atoms with Gasteiger partial charge < -0.3 is 25.4 Å². The summed E-state index contributed by atoms with van der Waals surface area (Å²) in [7, 11) is 4.84. The van der Waals surface area contributed by atoms with Gasteiger partial charge in [0.2, 0.25) is 0 Å². The maximum Gasteiger partial charge on any atom is 0.253 e. The fourth-order valence-electron chi connectivity index (χ4n) is 2.47. The number of hydrogen-bond acceptors (Lipinski definition) is 5.